The molecule has 190 valence electrons. The van der Waals surface area contributed by atoms with E-state index in [2.05, 4.69) is 37.4 Å². The van der Waals surface area contributed by atoms with E-state index in [-0.39, 0.29) is 17.5 Å². The van der Waals surface area contributed by atoms with Gasteiger partial charge in [-0.15, -0.1) is 0 Å². The fraction of sp³-hybridized carbons (Fsp3) is 0.577. The van der Waals surface area contributed by atoms with Crippen molar-refractivity contribution >= 4 is 23.4 Å². The molecule has 3 aliphatic heterocycles. The number of nitrogens with one attached hydrogen (secondary N) is 4. The second kappa shape index (κ2) is 8.21. The number of aromatic nitrogens is 2. The van der Waals surface area contributed by atoms with Gasteiger partial charge in [0.15, 0.2) is 11.6 Å². The minimum Gasteiger partial charge on any atom is -0.497 e. The van der Waals surface area contributed by atoms with E-state index in [1.54, 1.807) is 20.4 Å². The summed E-state index contributed by atoms with van der Waals surface area (Å²) in [6.45, 7) is 2.00. The number of benzene rings is 1. The van der Waals surface area contributed by atoms with Crippen LogP contribution < -0.4 is 35.9 Å². The normalized spacial score (nSPS) is 34.0. The van der Waals surface area contributed by atoms with Crippen molar-refractivity contribution in [3.8, 4) is 11.5 Å². The second-order valence-electron chi connectivity index (χ2n) is 10.8. The predicted octanol–water partition coefficient (Wildman–Crippen LogP) is 2.24. The summed E-state index contributed by atoms with van der Waals surface area (Å²) in [6, 6.07) is 6.29. The van der Waals surface area contributed by atoms with Gasteiger partial charge in [0.2, 0.25) is 11.9 Å². The van der Waals surface area contributed by atoms with Gasteiger partial charge in [0, 0.05) is 30.7 Å². The fourth-order valence-corrected chi connectivity index (χ4v) is 6.95. The number of hydrazine groups is 1. The van der Waals surface area contributed by atoms with Crippen LogP contribution in [-0.2, 0) is 10.2 Å². The lowest BCUT2D eigenvalue weighted by Gasteiger charge is -2.34. The van der Waals surface area contributed by atoms with E-state index in [0.717, 1.165) is 67.5 Å². The molecule has 7 rings (SSSR count). The van der Waals surface area contributed by atoms with Gasteiger partial charge in [0.25, 0.3) is 0 Å². The topological polar surface area (TPSA) is 113 Å². The quantitative estimate of drug-likeness (QED) is 0.483. The zero-order valence-electron chi connectivity index (χ0n) is 20.7. The summed E-state index contributed by atoms with van der Waals surface area (Å²) in [7, 11) is 3.33. The number of nitrogens with zero attached hydrogens (tertiary/aromatic N) is 3. The van der Waals surface area contributed by atoms with Crippen LogP contribution in [0.25, 0.3) is 0 Å². The molecular formula is C26H33N7O3. The van der Waals surface area contributed by atoms with Crippen molar-refractivity contribution in [2.45, 2.75) is 49.7 Å². The summed E-state index contributed by atoms with van der Waals surface area (Å²) in [5.41, 5.74) is 8.68. The average Bonchev–Trinajstić information content (AvgIpc) is 3.41. The van der Waals surface area contributed by atoms with E-state index in [9.17, 15) is 4.79 Å². The highest BCUT2D eigenvalue weighted by Crippen LogP contribution is 2.65. The number of hydrogen-bond acceptors (Lipinski definition) is 9. The lowest BCUT2D eigenvalue weighted by Crippen LogP contribution is -2.40. The summed E-state index contributed by atoms with van der Waals surface area (Å²) in [4.78, 5) is 24.5. The Morgan fingerprint density at radius 3 is 2.83 bits per heavy atom. The van der Waals surface area contributed by atoms with E-state index in [4.69, 9.17) is 14.5 Å². The number of carbonyl (C=O) groups excluding carboxylic acids is 1. The Morgan fingerprint density at radius 1 is 1.17 bits per heavy atom. The molecule has 2 aromatic rings. The number of rotatable bonds is 6. The molecule has 36 heavy (non-hydrogen) atoms. The van der Waals surface area contributed by atoms with Crippen LogP contribution in [0.2, 0.25) is 0 Å². The molecule has 1 aromatic heterocycles. The van der Waals surface area contributed by atoms with Crippen LogP contribution in [0.1, 0.15) is 37.7 Å². The first kappa shape index (κ1) is 22.1. The molecule has 4 N–H and O–H groups in total. The van der Waals surface area contributed by atoms with Crippen LogP contribution in [0, 0.1) is 17.8 Å². The van der Waals surface area contributed by atoms with Gasteiger partial charge >= 0.3 is 0 Å². The summed E-state index contributed by atoms with van der Waals surface area (Å²) < 4.78 is 11.0. The molecule has 1 amide bonds. The van der Waals surface area contributed by atoms with Crippen molar-refractivity contribution in [1.82, 2.24) is 20.8 Å². The van der Waals surface area contributed by atoms with Gasteiger partial charge in [-0.1, -0.05) is 0 Å². The largest absolute Gasteiger partial charge is 0.497 e. The van der Waals surface area contributed by atoms with Crippen LogP contribution in [0.4, 0.5) is 17.5 Å². The first-order chi connectivity index (χ1) is 17.6. The highest BCUT2D eigenvalue weighted by atomic mass is 16.5. The molecule has 6 atom stereocenters. The molecular weight excluding hydrogens is 458 g/mol. The lowest BCUT2D eigenvalue weighted by atomic mass is 9.74. The van der Waals surface area contributed by atoms with Gasteiger partial charge in [-0.05, 0) is 67.7 Å². The van der Waals surface area contributed by atoms with E-state index in [1.807, 2.05) is 12.1 Å². The molecule has 4 fully saturated rings. The second-order valence-corrected chi connectivity index (χ2v) is 10.8. The smallest absolute Gasteiger partial charge is 0.235 e. The van der Waals surface area contributed by atoms with Crippen LogP contribution in [0.3, 0.4) is 0 Å². The summed E-state index contributed by atoms with van der Waals surface area (Å²) in [5.74, 6) is 4.41. The van der Waals surface area contributed by atoms with Crippen molar-refractivity contribution in [1.29, 1.82) is 0 Å². The number of anilines is 3. The molecule has 5 aliphatic rings. The monoisotopic (exact) mass is 491 g/mol. The summed E-state index contributed by atoms with van der Waals surface area (Å²) in [5, 5.41) is 6.71. The molecule has 10 nitrogen and oxygen atoms in total. The SMILES string of the molecule is COc1ccc2c(c1)[C@]1(C[C@H]1C1CCC3C(C1)NNC3Nc1nc(N3CCC3)ncc1OC)C(=O)N2. The minimum atomic E-state index is -0.382. The number of hydrogen-bond donors (Lipinski definition) is 4. The number of fused-ring (bicyclic) bond motifs is 3. The van der Waals surface area contributed by atoms with Gasteiger partial charge < -0.3 is 25.0 Å². The molecule has 4 heterocycles. The third-order valence-electron chi connectivity index (χ3n) is 9.13. The Bertz CT molecular complexity index is 1200. The zero-order chi connectivity index (χ0) is 24.4. The zero-order valence-corrected chi connectivity index (χ0v) is 20.7. The number of methoxy groups -OCH3 is 2. The van der Waals surface area contributed by atoms with Gasteiger partial charge in [-0.3, -0.25) is 10.2 Å². The van der Waals surface area contributed by atoms with Crippen molar-refractivity contribution < 1.29 is 14.3 Å². The van der Waals surface area contributed by atoms with Crippen molar-refractivity contribution in [3.63, 3.8) is 0 Å². The van der Waals surface area contributed by atoms with Crippen molar-refractivity contribution in [3.05, 3.63) is 30.0 Å². The summed E-state index contributed by atoms with van der Waals surface area (Å²) >= 11 is 0. The highest BCUT2D eigenvalue weighted by molar-refractivity contribution is 6.09. The maximum absolute atomic E-state index is 13.1. The Hall–Kier alpha value is -3.11. The molecule has 1 spiro atoms. The molecule has 0 radical (unpaired) electrons. The average molecular weight is 492 g/mol. The van der Waals surface area contributed by atoms with Crippen molar-refractivity contribution in [2.75, 3.05) is 42.8 Å². The molecule has 2 saturated heterocycles. The third-order valence-corrected chi connectivity index (χ3v) is 9.13. The van der Waals surface area contributed by atoms with E-state index in [1.165, 1.54) is 6.42 Å². The molecule has 10 heteroatoms. The molecule has 4 unspecified atom stereocenters. The Morgan fingerprint density at radius 2 is 2.06 bits per heavy atom. The first-order valence-electron chi connectivity index (χ1n) is 13.0. The number of ether oxygens (including phenoxy) is 2. The molecule has 1 aromatic carbocycles. The van der Waals surface area contributed by atoms with Crippen LogP contribution in [-0.4, -0.2) is 55.4 Å². The van der Waals surface area contributed by atoms with Gasteiger partial charge in [0.1, 0.15) is 5.75 Å². The van der Waals surface area contributed by atoms with Gasteiger partial charge in [-0.2, -0.15) is 4.98 Å². The fourth-order valence-electron chi connectivity index (χ4n) is 6.95. The first-order valence-corrected chi connectivity index (χ1v) is 13.0. The standard InChI is InChI=1S/C26H33N7O3/c1-35-15-5-7-19-17(11-15)26(24(34)28-19)12-18(26)14-4-6-16-20(10-14)31-32-22(16)29-23-21(36-2)13-27-25(30-23)33-8-3-9-33/h5,7,11,13-14,16,18,20,22,31-32H,3-4,6,8-10,12H2,1-2H3,(H,28,34)(H,27,29,30)/t14?,16?,18-,20?,22?,26-/m0/s1. The third kappa shape index (κ3) is 3.27. The van der Waals surface area contributed by atoms with Gasteiger partial charge in [-0.25, -0.2) is 10.4 Å². The van der Waals surface area contributed by atoms with E-state index < -0.39 is 0 Å². The van der Waals surface area contributed by atoms with Crippen LogP contribution in [0.15, 0.2) is 24.4 Å². The number of amides is 1. The number of carbonyl (C=O) groups is 1. The van der Waals surface area contributed by atoms with Gasteiger partial charge in [0.05, 0.1) is 32.0 Å². The van der Waals surface area contributed by atoms with Crippen LogP contribution in [0.5, 0.6) is 11.5 Å². The van der Waals surface area contributed by atoms with Crippen molar-refractivity contribution in [2.24, 2.45) is 17.8 Å². The van der Waals surface area contributed by atoms with Crippen LogP contribution >= 0.6 is 0 Å². The lowest BCUT2D eigenvalue weighted by molar-refractivity contribution is -0.118. The Balaban J connectivity index is 1.05. The summed E-state index contributed by atoms with van der Waals surface area (Å²) in [6.07, 6.45) is 7.16. The van der Waals surface area contributed by atoms with E-state index in [0.29, 0.717) is 29.5 Å². The maximum atomic E-state index is 13.1. The predicted molar refractivity (Wildman–Crippen MR) is 135 cm³/mol. The molecule has 2 saturated carbocycles. The minimum absolute atomic E-state index is 0.0527. The van der Waals surface area contributed by atoms with E-state index >= 15 is 0 Å². The molecule has 0 bridgehead atoms. The highest BCUT2D eigenvalue weighted by Gasteiger charge is 2.67. The Kier molecular flexibility index (Phi) is 5.04. The maximum Gasteiger partial charge on any atom is 0.235 e. The Labute approximate surface area is 210 Å². The molecule has 2 aliphatic carbocycles.